The van der Waals surface area contributed by atoms with Crippen LogP contribution >= 0.6 is 24.0 Å². The van der Waals surface area contributed by atoms with Gasteiger partial charge in [0.2, 0.25) is 0 Å². The molecule has 0 atom stereocenters. The van der Waals surface area contributed by atoms with E-state index in [0.717, 1.165) is 48.7 Å². The SMILES string of the molecule is CCCCCNC(=NC)NCc1cccc(-c2nc(CCC)no2)c1.I. The van der Waals surface area contributed by atoms with Gasteiger partial charge in [-0.1, -0.05) is 44.0 Å². The monoisotopic (exact) mass is 471 g/mol. The largest absolute Gasteiger partial charge is 0.356 e. The molecule has 0 saturated carbocycles. The number of aromatic nitrogens is 2. The molecule has 0 saturated heterocycles. The van der Waals surface area contributed by atoms with E-state index < -0.39 is 0 Å². The molecule has 0 aliphatic carbocycles. The molecule has 0 aliphatic rings. The second kappa shape index (κ2) is 12.7. The molecule has 0 amide bonds. The van der Waals surface area contributed by atoms with Gasteiger partial charge in [0.05, 0.1) is 0 Å². The molecule has 1 aromatic heterocycles. The van der Waals surface area contributed by atoms with Crippen molar-refractivity contribution in [2.75, 3.05) is 13.6 Å². The Morgan fingerprint density at radius 2 is 2.00 bits per heavy atom. The van der Waals surface area contributed by atoms with Crippen LogP contribution in [0.4, 0.5) is 0 Å². The van der Waals surface area contributed by atoms with Crippen LogP contribution in [-0.4, -0.2) is 29.7 Å². The molecule has 26 heavy (non-hydrogen) atoms. The summed E-state index contributed by atoms with van der Waals surface area (Å²) in [6.45, 7) is 5.94. The first-order valence-corrected chi connectivity index (χ1v) is 9.13. The van der Waals surface area contributed by atoms with E-state index in [4.69, 9.17) is 4.52 Å². The van der Waals surface area contributed by atoms with Gasteiger partial charge in [-0.3, -0.25) is 4.99 Å². The summed E-state index contributed by atoms with van der Waals surface area (Å²) >= 11 is 0. The topological polar surface area (TPSA) is 75.3 Å². The van der Waals surface area contributed by atoms with Gasteiger partial charge in [0.25, 0.3) is 5.89 Å². The summed E-state index contributed by atoms with van der Waals surface area (Å²) in [5.74, 6) is 2.16. The number of hydrogen-bond donors (Lipinski definition) is 2. The second-order valence-electron chi connectivity index (χ2n) is 6.03. The lowest BCUT2D eigenvalue weighted by atomic mass is 10.1. The summed E-state index contributed by atoms with van der Waals surface area (Å²) in [4.78, 5) is 8.71. The molecule has 7 heteroatoms. The van der Waals surface area contributed by atoms with Gasteiger partial charge in [-0.15, -0.1) is 24.0 Å². The number of unbranched alkanes of at least 4 members (excludes halogenated alkanes) is 2. The van der Waals surface area contributed by atoms with Gasteiger partial charge in [0.15, 0.2) is 11.8 Å². The van der Waals surface area contributed by atoms with E-state index in [9.17, 15) is 0 Å². The number of halogens is 1. The van der Waals surface area contributed by atoms with Crippen LogP contribution in [0.5, 0.6) is 0 Å². The van der Waals surface area contributed by atoms with Gasteiger partial charge in [0, 0.05) is 32.1 Å². The quantitative estimate of drug-likeness (QED) is 0.249. The maximum Gasteiger partial charge on any atom is 0.257 e. The number of aliphatic imine (C=N–C) groups is 1. The molecule has 0 unspecified atom stereocenters. The maximum absolute atomic E-state index is 5.36. The zero-order chi connectivity index (χ0) is 17.9. The van der Waals surface area contributed by atoms with Crippen molar-refractivity contribution in [1.29, 1.82) is 0 Å². The van der Waals surface area contributed by atoms with Crippen molar-refractivity contribution >= 4 is 29.9 Å². The number of benzene rings is 1. The number of nitrogens with one attached hydrogen (secondary N) is 2. The lowest BCUT2D eigenvalue weighted by Crippen LogP contribution is -2.37. The Kier molecular flexibility index (Phi) is 10.9. The average molecular weight is 471 g/mol. The molecular weight excluding hydrogens is 441 g/mol. The summed E-state index contributed by atoms with van der Waals surface area (Å²) in [7, 11) is 1.79. The minimum absolute atomic E-state index is 0. The van der Waals surface area contributed by atoms with E-state index in [1.165, 1.54) is 12.8 Å². The summed E-state index contributed by atoms with van der Waals surface area (Å²) in [5.41, 5.74) is 2.09. The lowest BCUT2D eigenvalue weighted by Gasteiger charge is -2.12. The standard InChI is InChI=1S/C19H29N5O.HI/c1-4-6-7-12-21-19(20-3)22-14-15-10-8-11-16(13-15)18-23-17(9-5-2)24-25-18;/h8,10-11,13H,4-7,9,12,14H2,1-3H3,(H2,20,21,22);1H. The van der Waals surface area contributed by atoms with Crippen molar-refractivity contribution in [3.8, 4) is 11.5 Å². The van der Waals surface area contributed by atoms with Gasteiger partial charge >= 0.3 is 0 Å². The van der Waals surface area contributed by atoms with Crippen molar-refractivity contribution in [3.63, 3.8) is 0 Å². The summed E-state index contributed by atoms with van der Waals surface area (Å²) in [6, 6.07) is 8.14. The highest BCUT2D eigenvalue weighted by atomic mass is 127. The molecule has 2 N–H and O–H groups in total. The van der Waals surface area contributed by atoms with Crippen LogP contribution in [0.15, 0.2) is 33.8 Å². The van der Waals surface area contributed by atoms with Crippen molar-refractivity contribution in [1.82, 2.24) is 20.8 Å². The van der Waals surface area contributed by atoms with Crippen LogP contribution in [0, 0.1) is 0 Å². The Bertz CT molecular complexity index is 671. The Labute approximate surface area is 173 Å². The van der Waals surface area contributed by atoms with Gasteiger partial charge < -0.3 is 15.2 Å². The summed E-state index contributed by atoms with van der Waals surface area (Å²) < 4.78 is 5.36. The molecule has 0 spiro atoms. The zero-order valence-electron chi connectivity index (χ0n) is 15.9. The third kappa shape index (κ3) is 7.31. The number of aryl methyl sites for hydroxylation is 1. The molecular formula is C19H30IN5O. The molecule has 0 bridgehead atoms. The van der Waals surface area contributed by atoms with E-state index in [0.29, 0.717) is 12.4 Å². The third-order valence-corrected chi connectivity index (χ3v) is 3.87. The molecule has 1 heterocycles. The summed E-state index contributed by atoms with van der Waals surface area (Å²) in [5, 5.41) is 10.7. The Hall–Kier alpha value is -1.64. The van der Waals surface area contributed by atoms with Gasteiger partial charge in [-0.05, 0) is 30.5 Å². The first-order valence-electron chi connectivity index (χ1n) is 9.13. The van der Waals surface area contributed by atoms with Crippen molar-refractivity contribution in [2.24, 2.45) is 4.99 Å². The highest BCUT2D eigenvalue weighted by Crippen LogP contribution is 2.18. The van der Waals surface area contributed by atoms with Crippen LogP contribution in [0.25, 0.3) is 11.5 Å². The van der Waals surface area contributed by atoms with Crippen LogP contribution in [-0.2, 0) is 13.0 Å². The van der Waals surface area contributed by atoms with E-state index in [2.05, 4.69) is 51.7 Å². The highest BCUT2D eigenvalue weighted by Gasteiger charge is 2.09. The van der Waals surface area contributed by atoms with Crippen molar-refractivity contribution < 1.29 is 4.52 Å². The normalized spacial score (nSPS) is 11.1. The van der Waals surface area contributed by atoms with Crippen molar-refractivity contribution in [3.05, 3.63) is 35.7 Å². The fraction of sp³-hybridized carbons (Fsp3) is 0.526. The van der Waals surface area contributed by atoms with E-state index in [1.807, 2.05) is 12.1 Å². The number of guanidine groups is 1. The average Bonchev–Trinajstić information content (AvgIpc) is 3.10. The maximum atomic E-state index is 5.36. The Morgan fingerprint density at radius 1 is 1.15 bits per heavy atom. The molecule has 2 rings (SSSR count). The minimum Gasteiger partial charge on any atom is -0.356 e. The third-order valence-electron chi connectivity index (χ3n) is 3.87. The van der Waals surface area contributed by atoms with E-state index in [-0.39, 0.29) is 24.0 Å². The van der Waals surface area contributed by atoms with Gasteiger partial charge in [-0.25, -0.2) is 0 Å². The molecule has 144 valence electrons. The van der Waals surface area contributed by atoms with Crippen LogP contribution < -0.4 is 10.6 Å². The number of hydrogen-bond acceptors (Lipinski definition) is 4. The molecule has 1 aromatic carbocycles. The van der Waals surface area contributed by atoms with Crippen LogP contribution in [0.1, 0.15) is 50.9 Å². The highest BCUT2D eigenvalue weighted by molar-refractivity contribution is 14.0. The first-order chi connectivity index (χ1) is 12.3. The fourth-order valence-electron chi connectivity index (χ4n) is 2.50. The first kappa shape index (κ1) is 22.4. The molecule has 0 aliphatic heterocycles. The Balaban J connectivity index is 0.00000338. The van der Waals surface area contributed by atoms with Crippen molar-refractivity contribution in [2.45, 2.75) is 52.5 Å². The molecule has 0 fully saturated rings. The fourth-order valence-corrected chi connectivity index (χ4v) is 2.50. The molecule has 6 nitrogen and oxygen atoms in total. The van der Waals surface area contributed by atoms with E-state index in [1.54, 1.807) is 7.05 Å². The molecule has 0 radical (unpaired) electrons. The predicted octanol–water partition coefficient (Wildman–Crippen LogP) is 4.16. The van der Waals surface area contributed by atoms with Gasteiger partial charge in [0.1, 0.15) is 0 Å². The van der Waals surface area contributed by atoms with Gasteiger partial charge in [-0.2, -0.15) is 4.98 Å². The lowest BCUT2D eigenvalue weighted by molar-refractivity contribution is 0.422. The van der Waals surface area contributed by atoms with Crippen LogP contribution in [0.3, 0.4) is 0 Å². The number of rotatable bonds is 9. The predicted molar refractivity (Wildman–Crippen MR) is 117 cm³/mol. The van der Waals surface area contributed by atoms with E-state index >= 15 is 0 Å². The number of nitrogens with zero attached hydrogens (tertiary/aromatic N) is 3. The Morgan fingerprint density at radius 3 is 2.73 bits per heavy atom. The minimum atomic E-state index is 0. The second-order valence-corrected chi connectivity index (χ2v) is 6.03. The zero-order valence-corrected chi connectivity index (χ0v) is 18.2. The smallest absolute Gasteiger partial charge is 0.257 e. The summed E-state index contributed by atoms with van der Waals surface area (Å²) in [6.07, 6.45) is 5.45. The van der Waals surface area contributed by atoms with Crippen LogP contribution in [0.2, 0.25) is 0 Å². The molecule has 2 aromatic rings.